The molecule has 25 heavy (non-hydrogen) atoms. The van der Waals surface area contributed by atoms with E-state index in [1.165, 1.54) is 5.56 Å². The number of benzene rings is 2. The van der Waals surface area contributed by atoms with Crippen LogP contribution in [0.15, 0.2) is 65.4 Å². The number of aryl methyl sites for hydroxylation is 1. The molecule has 0 spiro atoms. The molecule has 0 radical (unpaired) electrons. The molecular weight excluding hydrogens is 396 g/mol. The fourth-order valence-corrected chi connectivity index (χ4v) is 3.04. The van der Waals surface area contributed by atoms with Crippen LogP contribution < -0.4 is 10.6 Å². The van der Waals surface area contributed by atoms with Gasteiger partial charge in [0.15, 0.2) is 5.11 Å². The second-order valence-electron chi connectivity index (χ2n) is 5.69. The Morgan fingerprint density at radius 3 is 2.52 bits per heavy atom. The Bertz CT molecular complexity index is 858. The van der Waals surface area contributed by atoms with Crippen molar-refractivity contribution < 1.29 is 0 Å². The zero-order valence-corrected chi connectivity index (χ0v) is 16.3. The van der Waals surface area contributed by atoms with E-state index in [4.69, 9.17) is 12.2 Å². The first-order valence-electron chi connectivity index (χ1n) is 8.06. The van der Waals surface area contributed by atoms with Gasteiger partial charge in [-0.2, -0.15) is 5.10 Å². The smallest absolute Gasteiger partial charge is 0.175 e. The summed E-state index contributed by atoms with van der Waals surface area (Å²) in [6.07, 6.45) is 4.76. The van der Waals surface area contributed by atoms with Gasteiger partial charge < -0.3 is 10.6 Å². The number of nitrogens with one attached hydrogen (secondary N) is 2. The van der Waals surface area contributed by atoms with Crippen molar-refractivity contribution in [2.75, 3.05) is 10.6 Å². The molecule has 4 nitrogen and oxygen atoms in total. The summed E-state index contributed by atoms with van der Waals surface area (Å²) in [6.45, 7) is 2.85. The standard InChI is InChI=1S/C19H19BrN4S/c1-2-14-6-8-17(9-7-14)22-19(25)23-18-5-3-4-15(10-18)12-24-13-16(20)11-21-24/h3-11,13H,2,12H2,1H3,(H2,22,23,25). The Labute approximate surface area is 161 Å². The van der Waals surface area contributed by atoms with Crippen molar-refractivity contribution in [2.45, 2.75) is 19.9 Å². The van der Waals surface area contributed by atoms with Gasteiger partial charge in [-0.1, -0.05) is 31.2 Å². The van der Waals surface area contributed by atoms with Crippen molar-refractivity contribution in [1.82, 2.24) is 9.78 Å². The van der Waals surface area contributed by atoms with Gasteiger partial charge in [0.25, 0.3) is 0 Å². The summed E-state index contributed by atoms with van der Waals surface area (Å²) in [5, 5.41) is 11.3. The van der Waals surface area contributed by atoms with Gasteiger partial charge >= 0.3 is 0 Å². The van der Waals surface area contributed by atoms with Crippen molar-refractivity contribution in [3.8, 4) is 0 Å². The largest absolute Gasteiger partial charge is 0.332 e. The average Bonchev–Trinajstić information content (AvgIpc) is 3.00. The van der Waals surface area contributed by atoms with Crippen LogP contribution in [0.5, 0.6) is 0 Å². The van der Waals surface area contributed by atoms with Crippen LogP contribution >= 0.6 is 28.1 Å². The second-order valence-corrected chi connectivity index (χ2v) is 7.01. The zero-order chi connectivity index (χ0) is 17.6. The molecule has 0 unspecified atom stereocenters. The van der Waals surface area contributed by atoms with Crippen LogP contribution in [0.25, 0.3) is 0 Å². The summed E-state index contributed by atoms with van der Waals surface area (Å²) in [4.78, 5) is 0. The number of anilines is 2. The monoisotopic (exact) mass is 414 g/mol. The minimum atomic E-state index is 0.572. The minimum absolute atomic E-state index is 0.572. The van der Waals surface area contributed by atoms with Crippen LogP contribution in [0.3, 0.4) is 0 Å². The van der Waals surface area contributed by atoms with E-state index in [-0.39, 0.29) is 0 Å². The Morgan fingerprint density at radius 1 is 1.08 bits per heavy atom. The third kappa shape index (κ3) is 5.14. The molecule has 0 aliphatic rings. The molecule has 0 saturated heterocycles. The number of aromatic nitrogens is 2. The maximum absolute atomic E-state index is 5.41. The molecule has 2 N–H and O–H groups in total. The second kappa shape index (κ2) is 8.27. The van der Waals surface area contributed by atoms with Gasteiger partial charge in [-0.05, 0) is 70.0 Å². The van der Waals surface area contributed by atoms with Crippen LogP contribution in [0, 0.1) is 0 Å². The maximum Gasteiger partial charge on any atom is 0.175 e. The van der Waals surface area contributed by atoms with Gasteiger partial charge in [0.1, 0.15) is 0 Å². The summed E-state index contributed by atoms with van der Waals surface area (Å²) in [5.41, 5.74) is 4.39. The number of nitrogens with zero attached hydrogens (tertiary/aromatic N) is 2. The van der Waals surface area contributed by atoms with Gasteiger partial charge in [0, 0.05) is 17.6 Å². The van der Waals surface area contributed by atoms with E-state index in [1.54, 1.807) is 6.20 Å². The fraction of sp³-hybridized carbons (Fsp3) is 0.158. The fourth-order valence-electron chi connectivity index (χ4n) is 2.48. The molecule has 0 atom stereocenters. The van der Waals surface area contributed by atoms with Gasteiger partial charge in [-0.3, -0.25) is 4.68 Å². The maximum atomic E-state index is 5.41. The van der Waals surface area contributed by atoms with Gasteiger partial charge in [0.05, 0.1) is 17.2 Å². The highest BCUT2D eigenvalue weighted by Crippen LogP contribution is 2.15. The summed E-state index contributed by atoms with van der Waals surface area (Å²) < 4.78 is 2.86. The van der Waals surface area contributed by atoms with Crippen molar-refractivity contribution in [2.24, 2.45) is 0 Å². The first-order valence-corrected chi connectivity index (χ1v) is 9.26. The predicted molar refractivity (Wildman–Crippen MR) is 111 cm³/mol. The molecule has 0 aliphatic carbocycles. The molecule has 3 aromatic rings. The topological polar surface area (TPSA) is 41.9 Å². The van der Waals surface area contributed by atoms with E-state index >= 15 is 0 Å². The first kappa shape index (κ1) is 17.6. The molecular formula is C19H19BrN4S. The molecule has 0 aliphatic heterocycles. The highest BCUT2D eigenvalue weighted by molar-refractivity contribution is 9.10. The Kier molecular flexibility index (Phi) is 5.83. The number of rotatable bonds is 5. The molecule has 0 bridgehead atoms. The van der Waals surface area contributed by atoms with Crippen molar-refractivity contribution in [1.29, 1.82) is 0 Å². The van der Waals surface area contributed by atoms with Crippen LogP contribution in [0.1, 0.15) is 18.1 Å². The van der Waals surface area contributed by atoms with Gasteiger partial charge in [-0.15, -0.1) is 0 Å². The third-order valence-electron chi connectivity index (χ3n) is 3.75. The normalized spacial score (nSPS) is 10.5. The quantitative estimate of drug-likeness (QED) is 0.572. The lowest BCUT2D eigenvalue weighted by molar-refractivity contribution is 0.687. The molecule has 0 amide bonds. The average molecular weight is 415 g/mol. The molecule has 6 heteroatoms. The molecule has 0 fully saturated rings. The van der Waals surface area contributed by atoms with Gasteiger partial charge in [0.2, 0.25) is 0 Å². The van der Waals surface area contributed by atoms with E-state index in [1.807, 2.05) is 35.1 Å². The highest BCUT2D eigenvalue weighted by Gasteiger charge is 2.02. The van der Waals surface area contributed by atoms with Crippen LogP contribution in [0.4, 0.5) is 11.4 Å². The molecule has 1 aromatic heterocycles. The SMILES string of the molecule is CCc1ccc(NC(=S)Nc2cccc(Cn3cc(Br)cn3)c2)cc1. The van der Waals surface area contributed by atoms with E-state index in [2.05, 4.69) is 62.9 Å². The Morgan fingerprint density at radius 2 is 1.84 bits per heavy atom. The molecule has 2 aromatic carbocycles. The summed E-state index contributed by atoms with van der Waals surface area (Å²) in [7, 11) is 0. The van der Waals surface area contributed by atoms with Crippen molar-refractivity contribution >= 4 is 44.6 Å². The zero-order valence-electron chi connectivity index (χ0n) is 13.9. The van der Waals surface area contributed by atoms with Gasteiger partial charge in [-0.25, -0.2) is 0 Å². The number of hydrogen-bond donors (Lipinski definition) is 2. The minimum Gasteiger partial charge on any atom is -0.332 e. The van der Waals surface area contributed by atoms with Crippen molar-refractivity contribution in [3.63, 3.8) is 0 Å². The Hall–Kier alpha value is -2.18. The lowest BCUT2D eigenvalue weighted by Gasteiger charge is -2.12. The first-order chi connectivity index (χ1) is 12.1. The molecule has 3 rings (SSSR count). The number of halogens is 1. The molecule has 128 valence electrons. The van der Waals surface area contributed by atoms with E-state index < -0.39 is 0 Å². The van der Waals surface area contributed by atoms with E-state index in [9.17, 15) is 0 Å². The predicted octanol–water partition coefficient (Wildman–Crippen LogP) is 5.07. The lowest BCUT2D eigenvalue weighted by atomic mass is 10.1. The van der Waals surface area contributed by atoms with E-state index in [0.29, 0.717) is 11.7 Å². The van der Waals surface area contributed by atoms with Crippen LogP contribution in [-0.4, -0.2) is 14.9 Å². The van der Waals surface area contributed by atoms with E-state index in [0.717, 1.165) is 27.8 Å². The Balaban J connectivity index is 1.61. The lowest BCUT2D eigenvalue weighted by Crippen LogP contribution is -2.19. The number of thiocarbonyl (C=S) groups is 1. The highest BCUT2D eigenvalue weighted by atomic mass is 79.9. The van der Waals surface area contributed by atoms with Crippen molar-refractivity contribution in [3.05, 3.63) is 76.5 Å². The summed E-state index contributed by atoms with van der Waals surface area (Å²) >= 11 is 8.82. The molecule has 0 saturated carbocycles. The van der Waals surface area contributed by atoms with Crippen LogP contribution in [-0.2, 0) is 13.0 Å². The third-order valence-corrected chi connectivity index (χ3v) is 4.36. The summed E-state index contributed by atoms with van der Waals surface area (Å²) in [6, 6.07) is 16.4. The summed E-state index contributed by atoms with van der Waals surface area (Å²) in [5.74, 6) is 0. The van der Waals surface area contributed by atoms with Crippen LogP contribution in [0.2, 0.25) is 0 Å². The number of hydrogen-bond acceptors (Lipinski definition) is 2. The molecule has 1 heterocycles.